The lowest BCUT2D eigenvalue weighted by molar-refractivity contribution is 0.269. The molecule has 1 atom stereocenters. The predicted octanol–water partition coefficient (Wildman–Crippen LogP) is 3.10. The number of allylic oxidation sites excluding steroid dienone is 1. The number of rotatable bonds is 7. The molecule has 0 rings (SSSR count). The van der Waals surface area contributed by atoms with Gasteiger partial charge in [-0.15, -0.1) is 0 Å². The van der Waals surface area contributed by atoms with Gasteiger partial charge >= 0.3 is 0 Å². The largest absolute Gasteiger partial charge is 0.389 e. The van der Waals surface area contributed by atoms with Crippen molar-refractivity contribution in [3.8, 4) is 0 Å². The number of unbranched alkanes of at least 4 members (excludes halogenated alkanes) is 5. The van der Waals surface area contributed by atoms with Gasteiger partial charge < -0.3 is 5.11 Å². The molecule has 12 heavy (non-hydrogen) atoms. The SMILES string of the molecule is [CH2]C(O)C=CCCCCCCC. The van der Waals surface area contributed by atoms with Crippen molar-refractivity contribution in [1.29, 1.82) is 0 Å². The van der Waals surface area contributed by atoms with Gasteiger partial charge in [0, 0.05) is 0 Å². The summed E-state index contributed by atoms with van der Waals surface area (Å²) in [6, 6.07) is 0. The summed E-state index contributed by atoms with van der Waals surface area (Å²) < 4.78 is 0. The molecule has 1 radical (unpaired) electrons. The second-order valence-electron chi connectivity index (χ2n) is 3.20. The van der Waals surface area contributed by atoms with Gasteiger partial charge in [-0.2, -0.15) is 0 Å². The molecule has 0 amide bonds. The lowest BCUT2D eigenvalue weighted by Crippen LogP contribution is -1.91. The van der Waals surface area contributed by atoms with Gasteiger partial charge in [0.25, 0.3) is 0 Å². The van der Waals surface area contributed by atoms with Crippen LogP contribution in [0.25, 0.3) is 0 Å². The zero-order valence-corrected chi connectivity index (χ0v) is 8.13. The molecule has 0 saturated carbocycles. The van der Waals surface area contributed by atoms with Crippen LogP contribution >= 0.6 is 0 Å². The molecule has 0 aromatic rings. The van der Waals surface area contributed by atoms with Crippen LogP contribution in [0.3, 0.4) is 0 Å². The van der Waals surface area contributed by atoms with E-state index in [0.29, 0.717) is 0 Å². The molecule has 1 unspecified atom stereocenters. The third-order valence-corrected chi connectivity index (χ3v) is 1.83. The molecule has 0 fully saturated rings. The van der Waals surface area contributed by atoms with Crippen molar-refractivity contribution >= 4 is 0 Å². The van der Waals surface area contributed by atoms with Crippen LogP contribution in [-0.4, -0.2) is 11.2 Å². The fourth-order valence-corrected chi connectivity index (χ4v) is 1.12. The molecule has 0 aliphatic carbocycles. The van der Waals surface area contributed by atoms with Gasteiger partial charge in [-0.25, -0.2) is 0 Å². The van der Waals surface area contributed by atoms with Gasteiger partial charge in [-0.1, -0.05) is 44.8 Å². The van der Waals surface area contributed by atoms with E-state index in [1.165, 1.54) is 32.1 Å². The third-order valence-electron chi connectivity index (χ3n) is 1.83. The number of hydrogen-bond donors (Lipinski definition) is 1. The lowest BCUT2D eigenvalue weighted by atomic mass is 10.1. The fraction of sp³-hybridized carbons (Fsp3) is 0.727. The zero-order chi connectivity index (χ0) is 9.23. The van der Waals surface area contributed by atoms with E-state index in [1.54, 1.807) is 6.08 Å². The fourth-order valence-electron chi connectivity index (χ4n) is 1.12. The molecular weight excluding hydrogens is 148 g/mol. The summed E-state index contributed by atoms with van der Waals surface area (Å²) in [5.74, 6) is 0. The molecule has 0 aromatic carbocycles. The number of aliphatic hydroxyl groups excluding tert-OH is 1. The summed E-state index contributed by atoms with van der Waals surface area (Å²) in [4.78, 5) is 0. The van der Waals surface area contributed by atoms with E-state index in [-0.39, 0.29) is 0 Å². The van der Waals surface area contributed by atoms with Gasteiger partial charge in [-0.05, 0) is 19.8 Å². The molecule has 0 saturated heterocycles. The first-order valence-corrected chi connectivity index (χ1v) is 4.95. The normalized spacial score (nSPS) is 13.9. The predicted molar refractivity (Wildman–Crippen MR) is 53.9 cm³/mol. The Kier molecular flexibility index (Phi) is 8.57. The smallest absolute Gasteiger partial charge is 0.0722 e. The van der Waals surface area contributed by atoms with Gasteiger partial charge in [0.05, 0.1) is 6.10 Å². The van der Waals surface area contributed by atoms with Crippen LogP contribution in [0.2, 0.25) is 0 Å². The molecule has 0 bridgehead atoms. The van der Waals surface area contributed by atoms with Crippen LogP contribution in [0.5, 0.6) is 0 Å². The minimum atomic E-state index is -0.527. The number of hydrogen-bond acceptors (Lipinski definition) is 1. The van der Waals surface area contributed by atoms with Gasteiger partial charge in [0.15, 0.2) is 0 Å². The monoisotopic (exact) mass is 169 g/mol. The van der Waals surface area contributed by atoms with E-state index in [1.807, 2.05) is 6.08 Å². The van der Waals surface area contributed by atoms with E-state index in [9.17, 15) is 0 Å². The van der Waals surface area contributed by atoms with E-state index < -0.39 is 6.10 Å². The summed E-state index contributed by atoms with van der Waals surface area (Å²) in [7, 11) is 0. The average Bonchev–Trinajstić information content (AvgIpc) is 2.02. The molecule has 0 aromatic heterocycles. The van der Waals surface area contributed by atoms with E-state index >= 15 is 0 Å². The van der Waals surface area contributed by atoms with Crippen molar-refractivity contribution in [2.24, 2.45) is 0 Å². The molecule has 0 aliphatic rings. The molecule has 0 heterocycles. The highest BCUT2D eigenvalue weighted by Crippen LogP contribution is 2.05. The molecular formula is C11H21O. The van der Waals surface area contributed by atoms with Crippen molar-refractivity contribution in [2.75, 3.05) is 0 Å². The maximum absolute atomic E-state index is 8.80. The highest BCUT2D eigenvalue weighted by Gasteiger charge is 1.87. The highest BCUT2D eigenvalue weighted by atomic mass is 16.3. The molecule has 0 spiro atoms. The Morgan fingerprint density at radius 1 is 1.25 bits per heavy atom. The highest BCUT2D eigenvalue weighted by molar-refractivity contribution is 4.89. The van der Waals surface area contributed by atoms with E-state index in [0.717, 1.165) is 6.42 Å². The van der Waals surface area contributed by atoms with Crippen LogP contribution in [0.4, 0.5) is 0 Å². The van der Waals surface area contributed by atoms with Crippen LogP contribution in [0, 0.1) is 6.92 Å². The molecule has 1 heteroatoms. The summed E-state index contributed by atoms with van der Waals surface area (Å²) in [6.07, 6.45) is 10.9. The summed E-state index contributed by atoms with van der Waals surface area (Å²) in [5, 5.41) is 8.80. The molecule has 1 nitrogen and oxygen atoms in total. The first-order chi connectivity index (χ1) is 5.77. The summed E-state index contributed by atoms with van der Waals surface area (Å²) in [6.45, 7) is 5.68. The van der Waals surface area contributed by atoms with Crippen LogP contribution in [-0.2, 0) is 0 Å². The van der Waals surface area contributed by atoms with Crippen molar-refractivity contribution in [1.82, 2.24) is 0 Å². The minimum Gasteiger partial charge on any atom is -0.389 e. The van der Waals surface area contributed by atoms with Gasteiger partial charge in [0.1, 0.15) is 0 Å². The second kappa shape index (κ2) is 8.79. The average molecular weight is 169 g/mol. The maximum Gasteiger partial charge on any atom is 0.0722 e. The van der Waals surface area contributed by atoms with Crippen molar-refractivity contribution in [3.63, 3.8) is 0 Å². The van der Waals surface area contributed by atoms with E-state index in [4.69, 9.17) is 5.11 Å². The topological polar surface area (TPSA) is 20.2 Å². The van der Waals surface area contributed by atoms with Crippen LogP contribution < -0.4 is 0 Å². The second-order valence-corrected chi connectivity index (χ2v) is 3.20. The Morgan fingerprint density at radius 3 is 2.50 bits per heavy atom. The van der Waals surface area contributed by atoms with Crippen molar-refractivity contribution < 1.29 is 5.11 Å². The standard InChI is InChI=1S/C11H21O/c1-3-4-5-6-7-8-9-10-11(2)12/h9-12H,2-8H2,1H3. The maximum atomic E-state index is 8.80. The molecule has 71 valence electrons. The Labute approximate surface area is 76.5 Å². The Balaban J connectivity index is 3.00. The van der Waals surface area contributed by atoms with E-state index in [2.05, 4.69) is 13.8 Å². The van der Waals surface area contributed by atoms with Crippen molar-refractivity contribution in [2.45, 2.75) is 51.6 Å². The minimum absolute atomic E-state index is 0.527. The molecule has 1 N–H and O–H groups in total. The first-order valence-electron chi connectivity index (χ1n) is 4.95. The van der Waals surface area contributed by atoms with Crippen molar-refractivity contribution in [3.05, 3.63) is 19.1 Å². The Bertz CT molecular complexity index is 106. The van der Waals surface area contributed by atoms with Gasteiger partial charge in [0.2, 0.25) is 0 Å². The van der Waals surface area contributed by atoms with Gasteiger partial charge in [-0.3, -0.25) is 0 Å². The van der Waals surface area contributed by atoms with Crippen LogP contribution in [0.1, 0.15) is 45.4 Å². The quantitative estimate of drug-likeness (QED) is 0.458. The number of aliphatic hydroxyl groups is 1. The summed E-state index contributed by atoms with van der Waals surface area (Å²) in [5.41, 5.74) is 0. The van der Waals surface area contributed by atoms with Crippen LogP contribution in [0.15, 0.2) is 12.2 Å². The first kappa shape index (κ1) is 11.7. The summed E-state index contributed by atoms with van der Waals surface area (Å²) >= 11 is 0. The Hall–Kier alpha value is -0.300. The Morgan fingerprint density at radius 2 is 1.92 bits per heavy atom. The zero-order valence-electron chi connectivity index (χ0n) is 8.13. The molecule has 0 aliphatic heterocycles. The lowest BCUT2D eigenvalue weighted by Gasteiger charge is -1.96. The third kappa shape index (κ3) is 9.70.